The molecule has 0 bridgehead atoms. The highest BCUT2D eigenvalue weighted by atomic mass is 19.1. The second-order valence-corrected chi connectivity index (χ2v) is 5.73. The minimum Gasteiger partial charge on any atom is -0.326 e. The van der Waals surface area contributed by atoms with Crippen molar-refractivity contribution < 1.29 is 4.39 Å². The Labute approximate surface area is 126 Å². The lowest BCUT2D eigenvalue weighted by atomic mass is 9.98. The molecule has 2 nitrogen and oxygen atoms in total. The van der Waals surface area contributed by atoms with Gasteiger partial charge in [-0.25, -0.2) is 4.39 Å². The number of likely N-dealkylation sites (N-methyl/N-ethyl adjacent to an activating group) is 1. The molecule has 112 valence electrons. The zero-order chi connectivity index (χ0) is 15.4. The van der Waals surface area contributed by atoms with Crippen LogP contribution in [0.5, 0.6) is 0 Å². The van der Waals surface area contributed by atoms with Crippen LogP contribution in [0.2, 0.25) is 0 Å². The Morgan fingerprint density at radius 1 is 1.10 bits per heavy atom. The van der Waals surface area contributed by atoms with Crippen LogP contribution in [-0.2, 0) is 6.54 Å². The van der Waals surface area contributed by atoms with Gasteiger partial charge in [-0.15, -0.1) is 0 Å². The van der Waals surface area contributed by atoms with Gasteiger partial charge < -0.3 is 5.73 Å². The van der Waals surface area contributed by atoms with Crippen molar-refractivity contribution in [2.45, 2.75) is 32.5 Å². The van der Waals surface area contributed by atoms with E-state index in [0.717, 1.165) is 6.54 Å². The largest absolute Gasteiger partial charge is 0.326 e. The molecule has 2 aromatic rings. The average Bonchev–Trinajstić information content (AvgIpc) is 2.43. The number of rotatable bonds is 5. The topological polar surface area (TPSA) is 29.3 Å². The van der Waals surface area contributed by atoms with Gasteiger partial charge in [0.25, 0.3) is 0 Å². The molecular formula is C18H23FN2. The number of benzene rings is 2. The molecular weight excluding hydrogens is 263 g/mol. The summed E-state index contributed by atoms with van der Waals surface area (Å²) in [5.74, 6) is -0.199. The summed E-state index contributed by atoms with van der Waals surface area (Å²) in [6, 6.07) is 15.0. The maximum Gasteiger partial charge on any atom is 0.128 e. The Balaban J connectivity index is 2.22. The highest BCUT2D eigenvalue weighted by molar-refractivity contribution is 5.24. The Hall–Kier alpha value is -1.71. The Morgan fingerprint density at radius 2 is 1.71 bits per heavy atom. The van der Waals surface area contributed by atoms with E-state index in [1.54, 1.807) is 6.07 Å². The minimum absolute atomic E-state index is 0.146. The first-order chi connectivity index (χ1) is 9.99. The van der Waals surface area contributed by atoms with Crippen molar-refractivity contribution in [1.82, 2.24) is 4.90 Å². The van der Waals surface area contributed by atoms with Gasteiger partial charge in [-0.3, -0.25) is 4.90 Å². The molecule has 2 N–H and O–H groups in total. The molecule has 0 amide bonds. The summed E-state index contributed by atoms with van der Waals surface area (Å²) in [5, 5.41) is 0. The maximum absolute atomic E-state index is 14.1. The van der Waals surface area contributed by atoms with E-state index in [9.17, 15) is 4.39 Å². The van der Waals surface area contributed by atoms with Crippen LogP contribution in [0.25, 0.3) is 0 Å². The van der Waals surface area contributed by atoms with Crippen LogP contribution >= 0.6 is 0 Å². The van der Waals surface area contributed by atoms with Crippen LogP contribution in [0.15, 0.2) is 48.5 Å². The van der Waals surface area contributed by atoms with Gasteiger partial charge in [0.15, 0.2) is 0 Å². The normalized spacial score (nSPS) is 14.2. The zero-order valence-electron chi connectivity index (χ0n) is 12.9. The third-order valence-electron chi connectivity index (χ3n) is 3.75. The maximum atomic E-state index is 14.1. The van der Waals surface area contributed by atoms with E-state index in [1.807, 2.05) is 26.1 Å². The van der Waals surface area contributed by atoms with Crippen LogP contribution < -0.4 is 5.73 Å². The lowest BCUT2D eigenvalue weighted by molar-refractivity contribution is 0.206. The van der Waals surface area contributed by atoms with Crippen molar-refractivity contribution in [2.75, 3.05) is 7.05 Å². The highest BCUT2D eigenvalue weighted by Crippen LogP contribution is 2.26. The molecule has 2 unspecified atom stereocenters. The summed E-state index contributed by atoms with van der Waals surface area (Å²) in [5.41, 5.74) is 9.20. The Kier molecular flexibility index (Phi) is 5.10. The first kappa shape index (κ1) is 15.7. The lowest BCUT2D eigenvalue weighted by Crippen LogP contribution is -2.37. The molecule has 2 atom stereocenters. The lowest BCUT2D eigenvalue weighted by Gasteiger charge is -2.31. The van der Waals surface area contributed by atoms with Gasteiger partial charge in [0, 0.05) is 18.2 Å². The molecule has 0 radical (unpaired) electrons. The molecule has 0 aliphatic heterocycles. The SMILES string of the molecule is Cc1ccc(CN(C)C(c2ccccc2F)C(C)N)cc1. The number of halogens is 1. The fraction of sp³-hybridized carbons (Fsp3) is 0.333. The first-order valence-corrected chi connectivity index (χ1v) is 7.25. The number of hydrogen-bond acceptors (Lipinski definition) is 2. The van der Waals surface area contributed by atoms with E-state index >= 15 is 0 Å². The summed E-state index contributed by atoms with van der Waals surface area (Å²) >= 11 is 0. The van der Waals surface area contributed by atoms with Gasteiger partial charge in [-0.1, -0.05) is 48.0 Å². The molecule has 2 rings (SSSR count). The summed E-state index contributed by atoms with van der Waals surface area (Å²) in [6.45, 7) is 4.72. The molecule has 0 aromatic heterocycles. The molecule has 0 heterocycles. The molecule has 0 aliphatic carbocycles. The minimum atomic E-state index is -0.199. The van der Waals surface area contributed by atoms with Gasteiger partial charge >= 0.3 is 0 Å². The van der Waals surface area contributed by atoms with Crippen LogP contribution in [-0.4, -0.2) is 18.0 Å². The van der Waals surface area contributed by atoms with Gasteiger partial charge in [0.1, 0.15) is 5.82 Å². The van der Waals surface area contributed by atoms with Crippen molar-refractivity contribution in [3.63, 3.8) is 0 Å². The fourth-order valence-electron chi connectivity index (χ4n) is 2.72. The van der Waals surface area contributed by atoms with Gasteiger partial charge in [0.2, 0.25) is 0 Å². The number of nitrogens with two attached hydrogens (primary N) is 1. The highest BCUT2D eigenvalue weighted by Gasteiger charge is 2.23. The van der Waals surface area contributed by atoms with Crippen LogP contribution in [0, 0.1) is 12.7 Å². The Morgan fingerprint density at radius 3 is 2.29 bits per heavy atom. The second-order valence-electron chi connectivity index (χ2n) is 5.73. The van der Waals surface area contributed by atoms with E-state index in [1.165, 1.54) is 17.2 Å². The first-order valence-electron chi connectivity index (χ1n) is 7.25. The van der Waals surface area contributed by atoms with Crippen molar-refractivity contribution >= 4 is 0 Å². The smallest absolute Gasteiger partial charge is 0.128 e. The molecule has 2 aromatic carbocycles. The molecule has 0 aliphatic rings. The summed E-state index contributed by atoms with van der Waals surface area (Å²) in [4.78, 5) is 2.10. The van der Waals surface area contributed by atoms with E-state index in [-0.39, 0.29) is 17.9 Å². The van der Waals surface area contributed by atoms with Gasteiger partial charge in [-0.05, 0) is 32.5 Å². The average molecular weight is 286 g/mol. The van der Waals surface area contributed by atoms with E-state index < -0.39 is 0 Å². The Bertz CT molecular complexity index is 578. The second kappa shape index (κ2) is 6.83. The monoisotopic (exact) mass is 286 g/mol. The third kappa shape index (κ3) is 3.90. The molecule has 0 spiro atoms. The van der Waals surface area contributed by atoms with Crippen molar-refractivity contribution in [2.24, 2.45) is 5.73 Å². The van der Waals surface area contributed by atoms with Gasteiger partial charge in [0.05, 0.1) is 6.04 Å². The van der Waals surface area contributed by atoms with Gasteiger partial charge in [-0.2, -0.15) is 0 Å². The van der Waals surface area contributed by atoms with Crippen LogP contribution in [0.3, 0.4) is 0 Å². The molecule has 0 saturated carbocycles. The standard InChI is InChI=1S/C18H23FN2/c1-13-8-10-15(11-9-13)12-21(3)18(14(2)20)16-6-4-5-7-17(16)19/h4-11,14,18H,12,20H2,1-3H3. The zero-order valence-corrected chi connectivity index (χ0v) is 12.9. The third-order valence-corrected chi connectivity index (χ3v) is 3.75. The predicted octanol–water partition coefficient (Wildman–Crippen LogP) is 3.65. The molecule has 21 heavy (non-hydrogen) atoms. The number of nitrogens with zero attached hydrogens (tertiary/aromatic N) is 1. The fourth-order valence-corrected chi connectivity index (χ4v) is 2.72. The van der Waals surface area contributed by atoms with Crippen molar-refractivity contribution in [3.8, 4) is 0 Å². The summed E-state index contributed by atoms with van der Waals surface area (Å²) in [6.07, 6.45) is 0. The van der Waals surface area contributed by atoms with E-state index in [4.69, 9.17) is 5.73 Å². The van der Waals surface area contributed by atoms with Crippen molar-refractivity contribution in [1.29, 1.82) is 0 Å². The number of aryl methyl sites for hydroxylation is 1. The molecule has 0 saturated heterocycles. The van der Waals surface area contributed by atoms with E-state index in [0.29, 0.717) is 5.56 Å². The van der Waals surface area contributed by atoms with Crippen LogP contribution in [0.1, 0.15) is 29.7 Å². The predicted molar refractivity (Wildman–Crippen MR) is 85.4 cm³/mol. The number of hydrogen-bond donors (Lipinski definition) is 1. The summed E-state index contributed by atoms with van der Waals surface area (Å²) in [7, 11) is 1.99. The van der Waals surface area contributed by atoms with Crippen LogP contribution in [0.4, 0.5) is 4.39 Å². The molecule has 3 heteroatoms. The molecule has 0 fully saturated rings. The quantitative estimate of drug-likeness (QED) is 0.909. The van der Waals surface area contributed by atoms with Crippen molar-refractivity contribution in [3.05, 3.63) is 71.0 Å². The summed E-state index contributed by atoms with van der Waals surface area (Å²) < 4.78 is 14.1. The van der Waals surface area contributed by atoms with E-state index in [2.05, 4.69) is 36.1 Å².